The summed E-state index contributed by atoms with van der Waals surface area (Å²) in [6.07, 6.45) is 0.793. The molecule has 0 spiro atoms. The lowest BCUT2D eigenvalue weighted by Crippen LogP contribution is -2.17. The van der Waals surface area contributed by atoms with Crippen LogP contribution in [0.3, 0.4) is 0 Å². The Bertz CT molecular complexity index is 1150. The van der Waals surface area contributed by atoms with Gasteiger partial charge in [-0.2, -0.15) is 0 Å². The molecule has 0 radical (unpaired) electrons. The average molecular weight is 463 g/mol. The van der Waals surface area contributed by atoms with Gasteiger partial charge in [0.05, 0.1) is 12.7 Å². The van der Waals surface area contributed by atoms with Crippen LogP contribution in [0, 0.1) is 6.92 Å². The fourth-order valence-corrected chi connectivity index (χ4v) is 4.38. The Morgan fingerprint density at radius 1 is 0.971 bits per heavy atom. The van der Waals surface area contributed by atoms with Crippen molar-refractivity contribution in [1.82, 2.24) is 4.57 Å². The van der Waals surface area contributed by atoms with Gasteiger partial charge in [-0.1, -0.05) is 53.7 Å². The number of carbonyl (C=O) groups is 1. The van der Waals surface area contributed by atoms with Crippen molar-refractivity contribution >= 4 is 5.91 Å². The third kappa shape index (κ3) is 5.14. The molecule has 0 unspecified atom stereocenters. The van der Waals surface area contributed by atoms with Gasteiger partial charge in [0.15, 0.2) is 0 Å². The topological polar surface area (TPSA) is 77.5 Å². The quantitative estimate of drug-likeness (QED) is 0.464. The predicted molar refractivity (Wildman–Crippen MR) is 139 cm³/mol. The van der Waals surface area contributed by atoms with Gasteiger partial charge in [-0.05, 0) is 65.6 Å². The molecule has 0 atom stereocenters. The standard InChI is InChI=1S/C29H38N2O3/c1-18-22(27(30)33)17-25(31(18)14-13-19-9-11-21(34-8)12-10-19)20-15-23(28(2,3)4)26(32)24(16-20)29(5,6)7/h9-12,15-17,32H,13-14H2,1-8H3,(H2,30,33). The van der Waals surface area contributed by atoms with Crippen molar-refractivity contribution in [2.75, 3.05) is 7.11 Å². The number of ether oxygens (including phenoxy) is 1. The van der Waals surface area contributed by atoms with E-state index in [0.29, 0.717) is 17.9 Å². The SMILES string of the molecule is COc1ccc(CCn2c(-c3cc(C(C)(C)C)c(O)c(C(C)(C)C)c3)cc(C(N)=O)c2C)cc1. The second-order valence-corrected chi connectivity index (χ2v) is 11.1. The summed E-state index contributed by atoms with van der Waals surface area (Å²) in [5, 5.41) is 11.2. The molecule has 0 aliphatic heterocycles. The fraction of sp³-hybridized carbons (Fsp3) is 0.414. The molecule has 1 heterocycles. The number of phenols is 1. The first kappa shape index (κ1) is 25.4. The minimum Gasteiger partial charge on any atom is -0.507 e. The maximum Gasteiger partial charge on any atom is 0.250 e. The first-order chi connectivity index (χ1) is 15.7. The van der Waals surface area contributed by atoms with Crippen LogP contribution < -0.4 is 10.5 Å². The van der Waals surface area contributed by atoms with Crippen LogP contribution in [0.2, 0.25) is 0 Å². The second-order valence-electron chi connectivity index (χ2n) is 11.1. The first-order valence-electron chi connectivity index (χ1n) is 11.7. The zero-order valence-corrected chi connectivity index (χ0v) is 21.7. The summed E-state index contributed by atoms with van der Waals surface area (Å²) in [4.78, 5) is 12.2. The van der Waals surface area contributed by atoms with Crippen molar-refractivity contribution in [2.45, 2.75) is 72.3 Å². The minimum absolute atomic E-state index is 0.248. The van der Waals surface area contributed by atoms with Crippen molar-refractivity contribution in [2.24, 2.45) is 5.73 Å². The molecule has 34 heavy (non-hydrogen) atoms. The average Bonchev–Trinajstić information content (AvgIpc) is 3.07. The van der Waals surface area contributed by atoms with E-state index in [-0.39, 0.29) is 10.8 Å². The Morgan fingerprint density at radius 3 is 1.94 bits per heavy atom. The summed E-state index contributed by atoms with van der Waals surface area (Å²) in [6, 6.07) is 14.0. The Labute approximate surface area is 203 Å². The number of hydrogen-bond acceptors (Lipinski definition) is 3. The number of benzene rings is 2. The van der Waals surface area contributed by atoms with E-state index in [4.69, 9.17) is 10.5 Å². The fourth-order valence-electron chi connectivity index (χ4n) is 4.38. The number of nitrogens with zero attached hydrogens (tertiary/aromatic N) is 1. The van der Waals surface area contributed by atoms with E-state index < -0.39 is 5.91 Å². The van der Waals surface area contributed by atoms with Crippen LogP contribution in [-0.2, 0) is 23.8 Å². The van der Waals surface area contributed by atoms with E-state index in [1.807, 2.05) is 37.3 Å². The van der Waals surface area contributed by atoms with Crippen molar-refractivity contribution in [3.63, 3.8) is 0 Å². The molecule has 182 valence electrons. The van der Waals surface area contributed by atoms with Crippen molar-refractivity contribution in [1.29, 1.82) is 0 Å². The highest BCUT2D eigenvalue weighted by molar-refractivity contribution is 5.95. The molecule has 1 amide bonds. The molecule has 0 fully saturated rings. The number of methoxy groups -OCH3 is 1. The Morgan fingerprint density at radius 2 is 1.50 bits per heavy atom. The highest BCUT2D eigenvalue weighted by atomic mass is 16.5. The summed E-state index contributed by atoms with van der Waals surface area (Å²) < 4.78 is 7.43. The molecule has 5 nitrogen and oxygen atoms in total. The summed E-state index contributed by atoms with van der Waals surface area (Å²) >= 11 is 0. The summed E-state index contributed by atoms with van der Waals surface area (Å²) in [6.45, 7) is 15.2. The van der Waals surface area contributed by atoms with Crippen molar-refractivity contribution < 1.29 is 14.6 Å². The lowest BCUT2D eigenvalue weighted by molar-refractivity contribution is 0.0999. The molecular formula is C29H38N2O3. The summed E-state index contributed by atoms with van der Waals surface area (Å²) in [5.74, 6) is 0.728. The predicted octanol–water partition coefficient (Wildman–Crippen LogP) is 6.11. The van der Waals surface area contributed by atoms with Gasteiger partial charge < -0.3 is 20.1 Å². The molecule has 3 N–H and O–H groups in total. The number of hydrogen-bond donors (Lipinski definition) is 2. The molecule has 0 saturated heterocycles. The molecule has 5 heteroatoms. The highest BCUT2D eigenvalue weighted by Gasteiger charge is 2.28. The third-order valence-corrected chi connectivity index (χ3v) is 6.44. The van der Waals surface area contributed by atoms with Gasteiger partial charge in [-0.3, -0.25) is 4.79 Å². The molecule has 0 aliphatic carbocycles. The second kappa shape index (κ2) is 9.21. The van der Waals surface area contributed by atoms with Gasteiger partial charge in [-0.15, -0.1) is 0 Å². The van der Waals surface area contributed by atoms with Gasteiger partial charge in [0.1, 0.15) is 11.5 Å². The van der Waals surface area contributed by atoms with E-state index in [9.17, 15) is 9.90 Å². The van der Waals surface area contributed by atoms with Crippen LogP contribution in [0.25, 0.3) is 11.3 Å². The number of aryl methyl sites for hydroxylation is 1. The first-order valence-corrected chi connectivity index (χ1v) is 11.7. The lowest BCUT2D eigenvalue weighted by Gasteiger charge is -2.28. The Balaban J connectivity index is 2.16. The van der Waals surface area contributed by atoms with E-state index in [1.165, 1.54) is 5.56 Å². The van der Waals surface area contributed by atoms with Crippen LogP contribution in [0.5, 0.6) is 11.5 Å². The molecule has 0 saturated carbocycles. The van der Waals surface area contributed by atoms with Crippen LogP contribution in [0.15, 0.2) is 42.5 Å². The van der Waals surface area contributed by atoms with Crippen LogP contribution in [0.4, 0.5) is 0 Å². The molecule has 0 bridgehead atoms. The Kier molecular flexibility index (Phi) is 6.88. The van der Waals surface area contributed by atoms with Gasteiger partial charge >= 0.3 is 0 Å². The number of carbonyl (C=O) groups excluding carboxylic acids is 1. The zero-order chi connectivity index (χ0) is 25.4. The van der Waals surface area contributed by atoms with Crippen molar-refractivity contribution in [3.05, 3.63) is 70.4 Å². The molecular weight excluding hydrogens is 424 g/mol. The maximum absolute atomic E-state index is 12.2. The van der Waals surface area contributed by atoms with Crippen LogP contribution in [0.1, 0.15) is 74.3 Å². The monoisotopic (exact) mass is 462 g/mol. The molecule has 1 aromatic heterocycles. The summed E-state index contributed by atoms with van der Waals surface area (Å²) in [5.41, 5.74) is 11.4. The zero-order valence-electron chi connectivity index (χ0n) is 21.7. The largest absolute Gasteiger partial charge is 0.507 e. The van der Waals surface area contributed by atoms with E-state index in [0.717, 1.165) is 40.2 Å². The van der Waals surface area contributed by atoms with Gasteiger partial charge in [-0.25, -0.2) is 0 Å². The van der Waals surface area contributed by atoms with Gasteiger partial charge in [0.25, 0.3) is 5.91 Å². The summed E-state index contributed by atoms with van der Waals surface area (Å²) in [7, 11) is 1.66. The van der Waals surface area contributed by atoms with Gasteiger partial charge in [0, 0.05) is 29.1 Å². The van der Waals surface area contributed by atoms with E-state index in [1.54, 1.807) is 7.11 Å². The van der Waals surface area contributed by atoms with Crippen molar-refractivity contribution in [3.8, 4) is 22.8 Å². The minimum atomic E-state index is -0.437. The third-order valence-electron chi connectivity index (χ3n) is 6.44. The number of phenolic OH excluding ortho intramolecular Hbond substituents is 1. The number of nitrogens with two attached hydrogens (primary N) is 1. The van der Waals surface area contributed by atoms with Crippen LogP contribution >= 0.6 is 0 Å². The Hall–Kier alpha value is -3.21. The molecule has 2 aromatic carbocycles. The van der Waals surface area contributed by atoms with E-state index in [2.05, 4.69) is 58.2 Å². The number of aromatic hydroxyl groups is 1. The maximum atomic E-state index is 12.2. The highest BCUT2D eigenvalue weighted by Crippen LogP contribution is 2.42. The number of aromatic nitrogens is 1. The number of rotatable bonds is 6. The molecule has 3 rings (SSSR count). The number of primary amides is 1. The van der Waals surface area contributed by atoms with E-state index >= 15 is 0 Å². The number of amides is 1. The van der Waals surface area contributed by atoms with Crippen LogP contribution in [-0.4, -0.2) is 22.7 Å². The smallest absolute Gasteiger partial charge is 0.250 e. The lowest BCUT2D eigenvalue weighted by atomic mass is 9.78. The van der Waals surface area contributed by atoms with Gasteiger partial charge in [0.2, 0.25) is 0 Å². The normalized spacial score (nSPS) is 12.1. The molecule has 3 aromatic rings. The molecule has 0 aliphatic rings.